The Morgan fingerprint density at radius 1 is 1.12 bits per heavy atom. The van der Waals surface area contributed by atoms with Crippen molar-refractivity contribution in [2.45, 2.75) is 70.6 Å². The zero-order valence-electron chi connectivity index (χ0n) is 24.4. The first-order valence-corrected chi connectivity index (χ1v) is 15.5. The number of carbonyl (C=O) groups excluding carboxylic acids is 1. The predicted octanol–water partition coefficient (Wildman–Crippen LogP) is 5.23. The molecule has 0 spiro atoms. The molecule has 42 heavy (non-hydrogen) atoms. The van der Waals surface area contributed by atoms with E-state index in [1.165, 1.54) is 18.9 Å². The minimum Gasteiger partial charge on any atom is -0.384 e. The molecular formula is C33H39FN6O2. The average Bonchev–Trinajstić information content (AvgIpc) is 3.31. The van der Waals surface area contributed by atoms with E-state index < -0.39 is 5.82 Å². The number of hydrogen-bond donors (Lipinski definition) is 1. The number of hydrogen-bond acceptors (Lipinski definition) is 5. The molecule has 3 saturated carbocycles. The molecule has 1 aliphatic heterocycles. The second-order valence-electron chi connectivity index (χ2n) is 13.8. The van der Waals surface area contributed by atoms with Gasteiger partial charge in [0, 0.05) is 56.0 Å². The number of nitrogens with two attached hydrogens (primary N) is 1. The van der Waals surface area contributed by atoms with Gasteiger partial charge < -0.3 is 24.5 Å². The molecule has 3 aromatic heterocycles. The monoisotopic (exact) mass is 570 g/mol. The van der Waals surface area contributed by atoms with Crippen LogP contribution in [0.3, 0.4) is 0 Å². The Kier molecular flexibility index (Phi) is 6.02. The van der Waals surface area contributed by atoms with Crippen LogP contribution in [-0.4, -0.2) is 62.3 Å². The molecule has 3 aliphatic carbocycles. The number of likely N-dealkylation sites (tertiary alicyclic amines) is 1. The summed E-state index contributed by atoms with van der Waals surface area (Å²) < 4.78 is 26.0. The molecule has 8 nitrogen and oxygen atoms in total. The van der Waals surface area contributed by atoms with Crippen LogP contribution in [0.15, 0.2) is 36.5 Å². The Hall–Kier alpha value is -3.30. The number of amides is 1. The molecular weight excluding hydrogens is 531 g/mol. The first kappa shape index (κ1) is 26.3. The van der Waals surface area contributed by atoms with Gasteiger partial charge in [-0.1, -0.05) is 6.92 Å². The number of imidazole rings is 1. The van der Waals surface area contributed by atoms with E-state index in [4.69, 9.17) is 20.4 Å². The zero-order chi connectivity index (χ0) is 28.7. The smallest absolute Gasteiger partial charge is 0.254 e. The van der Waals surface area contributed by atoms with Crippen LogP contribution in [0.5, 0.6) is 0 Å². The maximum atomic E-state index is 16.2. The van der Waals surface area contributed by atoms with Crippen LogP contribution < -0.4 is 5.73 Å². The van der Waals surface area contributed by atoms with Gasteiger partial charge in [-0.3, -0.25) is 4.79 Å². The van der Waals surface area contributed by atoms with Crippen molar-refractivity contribution >= 4 is 28.0 Å². The number of methoxy groups -OCH3 is 1. The molecule has 0 radical (unpaired) electrons. The largest absolute Gasteiger partial charge is 0.384 e. The second-order valence-corrected chi connectivity index (χ2v) is 13.8. The summed E-state index contributed by atoms with van der Waals surface area (Å²) in [5.41, 5.74) is 9.78. The van der Waals surface area contributed by atoms with Gasteiger partial charge in [-0.2, -0.15) is 0 Å². The highest BCUT2D eigenvalue weighted by Crippen LogP contribution is 2.47. The van der Waals surface area contributed by atoms with E-state index >= 15 is 4.39 Å². The van der Waals surface area contributed by atoms with E-state index in [0.29, 0.717) is 47.4 Å². The predicted molar refractivity (Wildman–Crippen MR) is 159 cm³/mol. The number of fused-ring (bicyclic) bond motifs is 4. The van der Waals surface area contributed by atoms with E-state index in [2.05, 4.69) is 28.2 Å². The molecule has 220 valence electrons. The van der Waals surface area contributed by atoms with Crippen LogP contribution >= 0.6 is 0 Å². The summed E-state index contributed by atoms with van der Waals surface area (Å²) in [4.78, 5) is 25.3. The van der Waals surface area contributed by atoms with Gasteiger partial charge in [0.25, 0.3) is 5.91 Å². The normalized spacial score (nSPS) is 28.7. The number of nitrogens with zero attached hydrogens (tertiary/aromatic N) is 5. The minimum atomic E-state index is -0.398. The van der Waals surface area contributed by atoms with Crippen LogP contribution in [0.4, 0.5) is 4.39 Å². The highest BCUT2D eigenvalue weighted by molar-refractivity contribution is 5.98. The zero-order valence-corrected chi connectivity index (χ0v) is 24.4. The molecule has 1 aromatic carbocycles. The van der Waals surface area contributed by atoms with Gasteiger partial charge in [0.2, 0.25) is 0 Å². The number of piperidine rings is 1. The van der Waals surface area contributed by atoms with E-state index in [1.807, 2.05) is 17.2 Å². The lowest BCUT2D eigenvalue weighted by Crippen LogP contribution is -2.41. The van der Waals surface area contributed by atoms with Crippen molar-refractivity contribution in [3.05, 3.63) is 47.9 Å². The average molecular weight is 571 g/mol. The summed E-state index contributed by atoms with van der Waals surface area (Å²) in [6, 6.07) is 9.44. The molecule has 2 bridgehead atoms. The molecule has 2 N–H and O–H groups in total. The van der Waals surface area contributed by atoms with Crippen LogP contribution in [0.1, 0.15) is 55.8 Å². The second kappa shape index (κ2) is 9.61. The lowest BCUT2D eigenvalue weighted by Gasteiger charge is -2.45. The van der Waals surface area contributed by atoms with Gasteiger partial charge in [-0.25, -0.2) is 14.4 Å². The molecule has 4 heterocycles. The first-order valence-electron chi connectivity index (χ1n) is 15.5. The molecule has 4 aliphatic rings. The number of aromatic nitrogens is 4. The molecule has 8 rings (SSSR count). The molecule has 1 saturated heterocycles. The third kappa shape index (κ3) is 4.19. The number of pyridine rings is 1. The highest BCUT2D eigenvalue weighted by atomic mass is 19.1. The van der Waals surface area contributed by atoms with Crippen molar-refractivity contribution in [3.63, 3.8) is 0 Å². The molecule has 4 fully saturated rings. The van der Waals surface area contributed by atoms with Crippen LogP contribution in [0.2, 0.25) is 0 Å². The van der Waals surface area contributed by atoms with Gasteiger partial charge in [-0.15, -0.1) is 0 Å². The van der Waals surface area contributed by atoms with Gasteiger partial charge in [-0.05, 0) is 92.0 Å². The fraction of sp³-hybridized carbons (Fsp3) is 0.545. The summed E-state index contributed by atoms with van der Waals surface area (Å²) in [7, 11) is 1.75. The minimum absolute atomic E-state index is 0.0154. The van der Waals surface area contributed by atoms with E-state index in [0.717, 1.165) is 61.4 Å². The van der Waals surface area contributed by atoms with Gasteiger partial charge >= 0.3 is 0 Å². The van der Waals surface area contributed by atoms with Crippen molar-refractivity contribution in [2.24, 2.45) is 28.9 Å². The first-order chi connectivity index (χ1) is 20.3. The van der Waals surface area contributed by atoms with E-state index in [1.54, 1.807) is 13.2 Å². The maximum Gasteiger partial charge on any atom is 0.254 e. The number of rotatable bonds is 8. The van der Waals surface area contributed by atoms with Crippen molar-refractivity contribution in [1.29, 1.82) is 0 Å². The van der Waals surface area contributed by atoms with E-state index in [9.17, 15) is 4.79 Å². The highest BCUT2D eigenvalue weighted by Gasteiger charge is 2.47. The third-order valence-corrected chi connectivity index (χ3v) is 10.5. The molecule has 3 atom stereocenters. The van der Waals surface area contributed by atoms with Gasteiger partial charge in [0.05, 0.1) is 17.8 Å². The third-order valence-electron chi connectivity index (χ3n) is 10.5. The van der Waals surface area contributed by atoms with E-state index in [-0.39, 0.29) is 23.4 Å². The van der Waals surface area contributed by atoms with Crippen LogP contribution in [0, 0.1) is 29.0 Å². The molecule has 4 aromatic rings. The number of ether oxygens (including phenoxy) is 1. The summed E-state index contributed by atoms with van der Waals surface area (Å²) >= 11 is 0. The number of benzene rings is 1. The Morgan fingerprint density at radius 3 is 2.64 bits per heavy atom. The molecule has 3 unspecified atom stereocenters. The van der Waals surface area contributed by atoms with Gasteiger partial charge in [0.1, 0.15) is 17.0 Å². The maximum absolute atomic E-state index is 16.2. The Balaban J connectivity index is 1.23. The fourth-order valence-electron chi connectivity index (χ4n) is 8.37. The van der Waals surface area contributed by atoms with Crippen LogP contribution in [-0.2, 0) is 17.8 Å². The Bertz CT molecular complexity index is 1700. The molecule has 9 heteroatoms. The lowest BCUT2D eigenvalue weighted by atomic mass is 9.63. The number of halogens is 1. The Morgan fingerprint density at radius 2 is 1.93 bits per heavy atom. The van der Waals surface area contributed by atoms with Crippen molar-refractivity contribution < 1.29 is 13.9 Å². The van der Waals surface area contributed by atoms with Crippen molar-refractivity contribution in [1.82, 2.24) is 24.0 Å². The number of carbonyl (C=O) groups is 1. The Labute approximate surface area is 245 Å². The summed E-state index contributed by atoms with van der Waals surface area (Å²) in [5, 5.41) is 1.06. The summed E-state index contributed by atoms with van der Waals surface area (Å²) in [6.45, 7) is 5.18. The summed E-state index contributed by atoms with van der Waals surface area (Å²) in [5.74, 6) is 1.56. The summed E-state index contributed by atoms with van der Waals surface area (Å²) in [6.07, 6.45) is 8.27. The van der Waals surface area contributed by atoms with Crippen molar-refractivity contribution in [2.75, 3.05) is 20.3 Å². The molecule has 1 amide bonds. The fourth-order valence-corrected chi connectivity index (χ4v) is 8.37. The lowest BCUT2D eigenvalue weighted by molar-refractivity contribution is -0.0142. The SMILES string of the molecule is COCC1(C)CC(Cn2c(-c3cc4cccnc4n3CC3CC3)nc3cc(C(=O)N4CC5CCC4C5N)cc(F)c32)C1. The standard InChI is InChI=1S/C33H39FN6O2/c1-33(18-42-2)13-20(14-33)16-40-29-24(34)10-23(32(41)39-17-22-7-8-26(39)28(22)35)11-25(29)37-31(40)27-12-21-4-3-9-36-30(21)38(27)15-19-5-6-19/h3-4,9-12,19-20,22,26,28H,5-8,13-18,35H2,1-2H3. The van der Waals surface area contributed by atoms with Crippen LogP contribution in [0.25, 0.3) is 33.6 Å². The quantitative estimate of drug-likeness (QED) is 0.313. The van der Waals surface area contributed by atoms with Crippen molar-refractivity contribution in [3.8, 4) is 11.5 Å². The topological polar surface area (TPSA) is 91.2 Å². The van der Waals surface area contributed by atoms with Gasteiger partial charge in [0.15, 0.2) is 5.82 Å².